The second kappa shape index (κ2) is 8.81. The number of carbonyl (C=O) groups excluding carboxylic acids is 1. The normalized spacial score (nSPS) is 22.3. The Hall–Kier alpha value is -1.39. The van der Waals surface area contributed by atoms with Gasteiger partial charge in [-0.2, -0.15) is 0 Å². The number of nitrogens with one attached hydrogen (secondary N) is 1. The van der Waals surface area contributed by atoms with Crippen molar-refractivity contribution < 1.29 is 9.53 Å². The molecule has 0 unspecified atom stereocenters. The molecule has 3 rings (SSSR count). The first-order chi connectivity index (χ1) is 12.2. The highest BCUT2D eigenvalue weighted by molar-refractivity contribution is 5.88. The van der Waals surface area contributed by atoms with Crippen LogP contribution in [0.3, 0.4) is 0 Å². The van der Waals surface area contributed by atoms with Crippen LogP contribution in [0, 0.1) is 0 Å². The first kappa shape index (κ1) is 18.4. The van der Waals surface area contributed by atoms with Crippen LogP contribution in [-0.2, 0) is 14.9 Å². The third-order valence-corrected chi connectivity index (χ3v) is 5.86. The van der Waals surface area contributed by atoms with Gasteiger partial charge in [0, 0.05) is 25.8 Å². The summed E-state index contributed by atoms with van der Waals surface area (Å²) in [5.41, 5.74) is 0.693. The SMILES string of the molecule is CC[C@H](CN1CCCCC1)NC(=O)C1(c2ccccc2)CCOCC1. The molecule has 25 heavy (non-hydrogen) atoms. The highest BCUT2D eigenvalue weighted by Crippen LogP contribution is 2.35. The van der Waals surface area contributed by atoms with Gasteiger partial charge in [-0.25, -0.2) is 0 Å². The second-order valence-corrected chi connectivity index (χ2v) is 7.50. The van der Waals surface area contributed by atoms with E-state index >= 15 is 0 Å². The molecule has 4 nitrogen and oxygen atoms in total. The molecule has 0 aliphatic carbocycles. The Bertz CT molecular complexity index is 534. The summed E-state index contributed by atoms with van der Waals surface area (Å²) < 4.78 is 5.56. The van der Waals surface area contributed by atoms with E-state index < -0.39 is 5.41 Å². The first-order valence-electron chi connectivity index (χ1n) is 9.91. The van der Waals surface area contributed by atoms with E-state index in [-0.39, 0.29) is 11.9 Å². The summed E-state index contributed by atoms with van der Waals surface area (Å²) >= 11 is 0. The van der Waals surface area contributed by atoms with Gasteiger partial charge in [-0.05, 0) is 50.8 Å². The number of amides is 1. The van der Waals surface area contributed by atoms with Crippen LogP contribution in [-0.4, -0.2) is 49.7 Å². The number of likely N-dealkylation sites (tertiary alicyclic amines) is 1. The van der Waals surface area contributed by atoms with Crippen LogP contribution in [0.2, 0.25) is 0 Å². The van der Waals surface area contributed by atoms with E-state index in [9.17, 15) is 4.79 Å². The molecule has 1 aromatic carbocycles. The Morgan fingerprint density at radius 1 is 1.16 bits per heavy atom. The number of hydrogen-bond acceptors (Lipinski definition) is 3. The predicted molar refractivity (Wildman–Crippen MR) is 101 cm³/mol. The van der Waals surface area contributed by atoms with Crippen LogP contribution in [0.15, 0.2) is 30.3 Å². The van der Waals surface area contributed by atoms with E-state index in [2.05, 4.69) is 29.3 Å². The summed E-state index contributed by atoms with van der Waals surface area (Å²) in [6, 6.07) is 10.5. The summed E-state index contributed by atoms with van der Waals surface area (Å²) in [7, 11) is 0. The molecule has 2 aliphatic heterocycles. The Balaban J connectivity index is 1.71. The molecule has 4 heteroatoms. The van der Waals surface area contributed by atoms with Crippen molar-refractivity contribution in [3.63, 3.8) is 0 Å². The van der Waals surface area contributed by atoms with Gasteiger partial charge in [-0.1, -0.05) is 43.7 Å². The lowest BCUT2D eigenvalue weighted by Crippen LogP contribution is -2.53. The van der Waals surface area contributed by atoms with Crippen molar-refractivity contribution in [1.82, 2.24) is 10.2 Å². The second-order valence-electron chi connectivity index (χ2n) is 7.50. The summed E-state index contributed by atoms with van der Waals surface area (Å²) in [5, 5.41) is 3.39. The van der Waals surface area contributed by atoms with Gasteiger partial charge in [0.2, 0.25) is 5.91 Å². The molecular formula is C21H32N2O2. The molecule has 0 spiro atoms. The van der Waals surface area contributed by atoms with Crippen LogP contribution >= 0.6 is 0 Å². The maximum atomic E-state index is 13.3. The van der Waals surface area contributed by atoms with Crippen LogP contribution in [0.5, 0.6) is 0 Å². The zero-order chi connectivity index (χ0) is 17.5. The predicted octanol–water partition coefficient (Wildman–Crippen LogP) is 3.12. The fraction of sp³-hybridized carbons (Fsp3) is 0.667. The third kappa shape index (κ3) is 4.42. The minimum absolute atomic E-state index is 0.186. The molecule has 0 saturated carbocycles. The lowest BCUT2D eigenvalue weighted by atomic mass is 9.73. The number of rotatable bonds is 6. The van der Waals surface area contributed by atoms with Crippen LogP contribution in [0.1, 0.15) is 51.0 Å². The molecular weight excluding hydrogens is 312 g/mol. The number of hydrogen-bond donors (Lipinski definition) is 1. The molecule has 2 heterocycles. The number of benzene rings is 1. The maximum absolute atomic E-state index is 13.3. The van der Waals surface area contributed by atoms with Crippen LogP contribution in [0.4, 0.5) is 0 Å². The standard InChI is InChI=1S/C21H32N2O2/c1-2-19(17-23-13-7-4-8-14-23)22-20(24)21(11-15-25-16-12-21)18-9-5-3-6-10-18/h3,5-6,9-10,19H,2,4,7-8,11-17H2,1H3,(H,22,24)/t19-/m1/s1. The minimum atomic E-state index is -0.436. The largest absolute Gasteiger partial charge is 0.381 e. The van der Waals surface area contributed by atoms with Gasteiger partial charge in [-0.15, -0.1) is 0 Å². The van der Waals surface area contributed by atoms with Crippen molar-refractivity contribution in [2.75, 3.05) is 32.8 Å². The number of nitrogens with zero attached hydrogens (tertiary/aromatic N) is 1. The first-order valence-corrected chi connectivity index (χ1v) is 9.91. The lowest BCUT2D eigenvalue weighted by Gasteiger charge is -2.38. The highest BCUT2D eigenvalue weighted by atomic mass is 16.5. The number of piperidine rings is 1. The van der Waals surface area contributed by atoms with E-state index in [0.29, 0.717) is 13.2 Å². The van der Waals surface area contributed by atoms with E-state index in [0.717, 1.165) is 31.4 Å². The van der Waals surface area contributed by atoms with Gasteiger partial charge < -0.3 is 15.0 Å². The van der Waals surface area contributed by atoms with Crippen molar-refractivity contribution in [3.05, 3.63) is 35.9 Å². The van der Waals surface area contributed by atoms with Crippen molar-refractivity contribution in [3.8, 4) is 0 Å². The van der Waals surface area contributed by atoms with Gasteiger partial charge in [-0.3, -0.25) is 4.79 Å². The molecule has 0 aromatic heterocycles. The van der Waals surface area contributed by atoms with Gasteiger partial charge in [0.25, 0.3) is 0 Å². The third-order valence-electron chi connectivity index (χ3n) is 5.86. The molecule has 1 N–H and O–H groups in total. The van der Waals surface area contributed by atoms with E-state index in [4.69, 9.17) is 4.74 Å². The molecule has 0 bridgehead atoms. The van der Waals surface area contributed by atoms with Gasteiger partial charge >= 0.3 is 0 Å². The van der Waals surface area contributed by atoms with Gasteiger partial charge in [0.05, 0.1) is 5.41 Å². The van der Waals surface area contributed by atoms with Gasteiger partial charge in [0.1, 0.15) is 0 Å². The molecule has 1 amide bonds. The molecule has 2 saturated heterocycles. The quantitative estimate of drug-likeness (QED) is 0.862. The highest BCUT2D eigenvalue weighted by Gasteiger charge is 2.42. The van der Waals surface area contributed by atoms with Crippen molar-refractivity contribution in [2.45, 2.75) is 56.9 Å². The number of carbonyl (C=O) groups is 1. The fourth-order valence-corrected chi connectivity index (χ4v) is 4.18. The van der Waals surface area contributed by atoms with Crippen molar-refractivity contribution >= 4 is 5.91 Å². The summed E-state index contributed by atoms with van der Waals surface area (Å²) in [6.45, 7) is 6.81. The monoisotopic (exact) mass is 344 g/mol. The Morgan fingerprint density at radius 3 is 2.48 bits per heavy atom. The average Bonchev–Trinajstić information content (AvgIpc) is 2.69. The Labute approximate surface area is 151 Å². The van der Waals surface area contributed by atoms with E-state index in [1.807, 2.05) is 18.2 Å². The summed E-state index contributed by atoms with van der Waals surface area (Å²) in [5.74, 6) is 0.186. The average molecular weight is 344 g/mol. The molecule has 1 atom stereocenters. The van der Waals surface area contributed by atoms with Crippen LogP contribution in [0.25, 0.3) is 0 Å². The zero-order valence-corrected chi connectivity index (χ0v) is 15.5. The van der Waals surface area contributed by atoms with E-state index in [1.165, 1.54) is 32.4 Å². The van der Waals surface area contributed by atoms with Crippen molar-refractivity contribution in [1.29, 1.82) is 0 Å². The zero-order valence-electron chi connectivity index (χ0n) is 15.5. The summed E-state index contributed by atoms with van der Waals surface area (Å²) in [6.07, 6.45) is 6.43. The van der Waals surface area contributed by atoms with Crippen molar-refractivity contribution in [2.24, 2.45) is 0 Å². The summed E-state index contributed by atoms with van der Waals surface area (Å²) in [4.78, 5) is 15.9. The maximum Gasteiger partial charge on any atom is 0.231 e. The Kier molecular flexibility index (Phi) is 6.49. The molecule has 2 fully saturated rings. The molecule has 138 valence electrons. The minimum Gasteiger partial charge on any atom is -0.381 e. The topological polar surface area (TPSA) is 41.6 Å². The van der Waals surface area contributed by atoms with Crippen LogP contribution < -0.4 is 5.32 Å². The molecule has 2 aliphatic rings. The Morgan fingerprint density at radius 2 is 1.84 bits per heavy atom. The van der Waals surface area contributed by atoms with E-state index in [1.54, 1.807) is 0 Å². The fourth-order valence-electron chi connectivity index (χ4n) is 4.18. The smallest absolute Gasteiger partial charge is 0.231 e. The molecule has 0 radical (unpaired) electrons. The number of ether oxygens (including phenoxy) is 1. The molecule has 1 aromatic rings. The van der Waals surface area contributed by atoms with Gasteiger partial charge in [0.15, 0.2) is 0 Å². The lowest BCUT2D eigenvalue weighted by molar-refractivity contribution is -0.131.